The second-order valence-corrected chi connectivity index (χ2v) is 4.70. The van der Waals surface area contributed by atoms with Gasteiger partial charge in [-0.05, 0) is 44.8 Å². The van der Waals surface area contributed by atoms with Crippen molar-refractivity contribution in [2.75, 3.05) is 0 Å². The summed E-state index contributed by atoms with van der Waals surface area (Å²) in [6.45, 7) is 1.87. The summed E-state index contributed by atoms with van der Waals surface area (Å²) in [6.07, 6.45) is 0. The van der Waals surface area contributed by atoms with E-state index >= 15 is 0 Å². The van der Waals surface area contributed by atoms with E-state index in [-0.39, 0.29) is 5.56 Å². The molecule has 0 amide bonds. The maximum atomic E-state index is 11.7. The lowest BCUT2D eigenvalue weighted by molar-refractivity contribution is 1.15. The minimum absolute atomic E-state index is 0.0619. The first-order valence-electron chi connectivity index (χ1n) is 4.08. The van der Waals surface area contributed by atoms with Crippen molar-refractivity contribution in [3.8, 4) is 0 Å². The van der Waals surface area contributed by atoms with Crippen LogP contribution in [0.4, 0.5) is 0 Å². The highest BCUT2D eigenvalue weighted by atomic mass is 79.9. The van der Waals surface area contributed by atoms with Gasteiger partial charge in [0.25, 0.3) is 5.56 Å². The topological polar surface area (TPSA) is 32.9 Å². The lowest BCUT2D eigenvalue weighted by Crippen LogP contribution is -2.08. The number of aromatic amines is 1. The molecule has 0 bridgehead atoms. The molecule has 1 N–H and O–H groups in total. The first kappa shape index (κ1) is 9.93. The van der Waals surface area contributed by atoms with Gasteiger partial charge in [0.2, 0.25) is 0 Å². The number of halogens is 2. The van der Waals surface area contributed by atoms with Crippen LogP contribution in [-0.4, -0.2) is 4.98 Å². The predicted octanol–water partition coefficient (Wildman–Crippen LogP) is 3.36. The molecule has 1 heterocycles. The molecule has 1 aromatic carbocycles. The van der Waals surface area contributed by atoms with Gasteiger partial charge in [0, 0.05) is 20.0 Å². The Morgan fingerprint density at radius 3 is 2.71 bits per heavy atom. The largest absolute Gasteiger partial charge is 0.325 e. The number of aromatic nitrogens is 1. The van der Waals surface area contributed by atoms with Crippen LogP contribution in [0.2, 0.25) is 0 Å². The lowest BCUT2D eigenvalue weighted by atomic mass is 10.1. The molecule has 0 atom stereocenters. The van der Waals surface area contributed by atoms with Crippen LogP contribution in [0.1, 0.15) is 5.69 Å². The summed E-state index contributed by atoms with van der Waals surface area (Å²) in [7, 11) is 0. The summed E-state index contributed by atoms with van der Waals surface area (Å²) >= 11 is 6.82. The zero-order valence-electron chi connectivity index (χ0n) is 7.40. The number of hydrogen-bond donors (Lipinski definition) is 1. The Balaban J connectivity index is 3.10. The molecular formula is C10H7Br2NO. The minimum Gasteiger partial charge on any atom is -0.325 e. The molecule has 0 radical (unpaired) electrons. The van der Waals surface area contributed by atoms with Gasteiger partial charge in [0.1, 0.15) is 0 Å². The standard InChI is InChI=1S/C10H7Br2NO/c1-5-9(12)6-3-2-4-7(11)8(6)10(14)13-5/h2-4H,1H3,(H,13,14). The molecule has 0 fully saturated rings. The highest BCUT2D eigenvalue weighted by Crippen LogP contribution is 2.27. The van der Waals surface area contributed by atoms with Crippen molar-refractivity contribution in [1.29, 1.82) is 0 Å². The fourth-order valence-electron chi connectivity index (χ4n) is 1.43. The average molecular weight is 317 g/mol. The molecule has 72 valence electrons. The van der Waals surface area contributed by atoms with Gasteiger partial charge in [-0.2, -0.15) is 0 Å². The predicted molar refractivity (Wildman–Crippen MR) is 64.7 cm³/mol. The van der Waals surface area contributed by atoms with E-state index in [2.05, 4.69) is 36.8 Å². The molecule has 0 saturated carbocycles. The van der Waals surface area contributed by atoms with Gasteiger partial charge in [-0.25, -0.2) is 0 Å². The molecule has 2 nitrogen and oxygen atoms in total. The number of fused-ring (bicyclic) bond motifs is 1. The summed E-state index contributed by atoms with van der Waals surface area (Å²) in [4.78, 5) is 14.5. The van der Waals surface area contributed by atoms with Crippen LogP contribution in [0.5, 0.6) is 0 Å². The van der Waals surface area contributed by atoms with Gasteiger partial charge in [0.05, 0.1) is 5.39 Å². The van der Waals surface area contributed by atoms with Crippen LogP contribution < -0.4 is 5.56 Å². The molecule has 0 aliphatic rings. The van der Waals surface area contributed by atoms with Crippen molar-refractivity contribution in [1.82, 2.24) is 4.98 Å². The Labute approximate surface area is 97.6 Å². The molecule has 2 aromatic rings. The van der Waals surface area contributed by atoms with Crippen molar-refractivity contribution in [2.24, 2.45) is 0 Å². The normalized spacial score (nSPS) is 10.8. The van der Waals surface area contributed by atoms with Crippen LogP contribution in [0.3, 0.4) is 0 Å². The SMILES string of the molecule is Cc1[nH]c(=O)c2c(Br)cccc2c1Br. The van der Waals surface area contributed by atoms with Crippen LogP contribution in [-0.2, 0) is 0 Å². The third-order valence-electron chi connectivity index (χ3n) is 2.11. The maximum absolute atomic E-state index is 11.7. The first-order valence-corrected chi connectivity index (χ1v) is 5.66. The van der Waals surface area contributed by atoms with Crippen LogP contribution >= 0.6 is 31.9 Å². The summed E-state index contributed by atoms with van der Waals surface area (Å²) in [5, 5.41) is 1.62. The van der Waals surface area contributed by atoms with E-state index in [9.17, 15) is 4.79 Å². The zero-order chi connectivity index (χ0) is 10.3. The smallest absolute Gasteiger partial charge is 0.257 e. The second-order valence-electron chi connectivity index (χ2n) is 3.06. The van der Waals surface area contributed by atoms with E-state index < -0.39 is 0 Å². The number of aryl methyl sites for hydroxylation is 1. The number of H-pyrrole nitrogens is 1. The Bertz CT molecular complexity index is 560. The summed E-state index contributed by atoms with van der Waals surface area (Å²) in [5.74, 6) is 0. The fraction of sp³-hybridized carbons (Fsp3) is 0.100. The van der Waals surface area contributed by atoms with Crippen molar-refractivity contribution in [3.63, 3.8) is 0 Å². The third-order valence-corrected chi connectivity index (χ3v) is 3.79. The van der Waals surface area contributed by atoms with E-state index in [1.807, 2.05) is 25.1 Å². The Kier molecular flexibility index (Phi) is 2.49. The molecule has 14 heavy (non-hydrogen) atoms. The molecule has 0 spiro atoms. The van der Waals surface area contributed by atoms with E-state index in [0.29, 0.717) is 5.39 Å². The minimum atomic E-state index is -0.0619. The van der Waals surface area contributed by atoms with E-state index in [1.54, 1.807) is 0 Å². The Hall–Kier alpha value is -0.610. The molecule has 0 aliphatic heterocycles. The van der Waals surface area contributed by atoms with Crippen molar-refractivity contribution < 1.29 is 0 Å². The zero-order valence-corrected chi connectivity index (χ0v) is 10.6. The number of hydrogen-bond acceptors (Lipinski definition) is 1. The van der Waals surface area contributed by atoms with E-state index in [4.69, 9.17) is 0 Å². The summed E-state index contributed by atoms with van der Waals surface area (Å²) < 4.78 is 1.75. The second kappa shape index (κ2) is 3.51. The number of rotatable bonds is 0. The van der Waals surface area contributed by atoms with Crippen LogP contribution in [0.25, 0.3) is 10.8 Å². The number of benzene rings is 1. The Morgan fingerprint density at radius 1 is 1.29 bits per heavy atom. The van der Waals surface area contributed by atoms with E-state index in [0.717, 1.165) is 20.0 Å². The Morgan fingerprint density at radius 2 is 2.00 bits per heavy atom. The molecule has 0 saturated heterocycles. The fourth-order valence-corrected chi connectivity index (χ4v) is 2.40. The number of pyridine rings is 1. The maximum Gasteiger partial charge on any atom is 0.257 e. The monoisotopic (exact) mass is 315 g/mol. The molecular weight excluding hydrogens is 310 g/mol. The van der Waals surface area contributed by atoms with Crippen LogP contribution in [0.15, 0.2) is 31.9 Å². The van der Waals surface area contributed by atoms with Crippen LogP contribution in [0, 0.1) is 6.92 Å². The van der Waals surface area contributed by atoms with Crippen molar-refractivity contribution in [2.45, 2.75) is 6.92 Å². The van der Waals surface area contributed by atoms with Gasteiger partial charge in [0.15, 0.2) is 0 Å². The van der Waals surface area contributed by atoms with Gasteiger partial charge < -0.3 is 4.98 Å². The van der Waals surface area contributed by atoms with Crippen molar-refractivity contribution in [3.05, 3.63) is 43.2 Å². The molecule has 1 aromatic heterocycles. The lowest BCUT2D eigenvalue weighted by Gasteiger charge is -2.04. The quantitative estimate of drug-likeness (QED) is 0.794. The molecule has 0 unspecified atom stereocenters. The van der Waals surface area contributed by atoms with Gasteiger partial charge in [-0.3, -0.25) is 4.79 Å². The summed E-state index contributed by atoms with van der Waals surface area (Å²) in [6, 6.07) is 5.70. The average Bonchev–Trinajstić information content (AvgIpc) is 2.14. The molecule has 0 aliphatic carbocycles. The van der Waals surface area contributed by atoms with Gasteiger partial charge in [-0.1, -0.05) is 12.1 Å². The van der Waals surface area contributed by atoms with Gasteiger partial charge >= 0.3 is 0 Å². The molecule has 4 heteroatoms. The third kappa shape index (κ3) is 1.42. The van der Waals surface area contributed by atoms with E-state index in [1.165, 1.54) is 0 Å². The highest BCUT2D eigenvalue weighted by Gasteiger charge is 2.08. The summed E-state index contributed by atoms with van der Waals surface area (Å²) in [5.41, 5.74) is 0.786. The molecule has 2 rings (SSSR count). The van der Waals surface area contributed by atoms with Crippen molar-refractivity contribution >= 4 is 42.6 Å². The number of nitrogens with one attached hydrogen (secondary N) is 1. The highest BCUT2D eigenvalue weighted by molar-refractivity contribution is 9.11. The van der Waals surface area contributed by atoms with Gasteiger partial charge in [-0.15, -0.1) is 0 Å². The first-order chi connectivity index (χ1) is 6.61.